The molecule has 0 amide bonds. The molecule has 4 rings (SSSR count). The number of hydrogen-bond acceptors (Lipinski definition) is 5. The van der Waals surface area contributed by atoms with E-state index in [0.29, 0.717) is 30.8 Å². The molecule has 1 heterocycles. The number of imidazole rings is 1. The minimum absolute atomic E-state index is 0.0106. The summed E-state index contributed by atoms with van der Waals surface area (Å²) in [6.45, 7) is -0.0636. The van der Waals surface area contributed by atoms with Crippen molar-refractivity contribution in [2.45, 2.75) is 63.6 Å². The Morgan fingerprint density at radius 3 is 2.09 bits per heavy atom. The van der Waals surface area contributed by atoms with Gasteiger partial charge in [-0.1, -0.05) is 49.7 Å². The smallest absolute Gasteiger partial charge is 0.435 e. The van der Waals surface area contributed by atoms with Gasteiger partial charge < -0.3 is 14.0 Å². The summed E-state index contributed by atoms with van der Waals surface area (Å²) in [6.07, 6.45) is -1.28. The summed E-state index contributed by atoms with van der Waals surface area (Å²) in [5, 5.41) is 0. The van der Waals surface area contributed by atoms with Gasteiger partial charge >= 0.3 is 12.8 Å². The van der Waals surface area contributed by atoms with Crippen molar-refractivity contribution in [2.75, 3.05) is 13.4 Å². The van der Waals surface area contributed by atoms with Crippen molar-refractivity contribution in [3.05, 3.63) is 95.3 Å². The fourth-order valence-electron chi connectivity index (χ4n) is 4.87. The van der Waals surface area contributed by atoms with Crippen LogP contribution in [-0.4, -0.2) is 34.4 Å². The van der Waals surface area contributed by atoms with Gasteiger partial charge in [0.2, 0.25) is 0 Å². The first kappa shape index (κ1) is 32.3. The monoisotopic (exact) mass is 619 g/mol. The summed E-state index contributed by atoms with van der Waals surface area (Å²) in [5.74, 6) is 0.643. The highest BCUT2D eigenvalue weighted by molar-refractivity contribution is 7.98. The molecule has 0 fully saturated rings. The molecule has 0 spiro atoms. The van der Waals surface area contributed by atoms with E-state index < -0.39 is 18.5 Å². The second kappa shape index (κ2) is 14.7. The van der Waals surface area contributed by atoms with Crippen molar-refractivity contribution >= 4 is 11.8 Å². The number of alkyl halides is 5. The number of halogens is 5. The molecule has 0 N–H and O–H groups in total. The molecule has 0 aliphatic heterocycles. The van der Waals surface area contributed by atoms with Crippen LogP contribution in [0.25, 0.3) is 11.4 Å². The zero-order valence-electron chi connectivity index (χ0n) is 24.2. The molecule has 0 unspecified atom stereocenters. The van der Waals surface area contributed by atoms with Crippen molar-refractivity contribution in [1.82, 2.24) is 14.5 Å². The van der Waals surface area contributed by atoms with Crippen LogP contribution in [-0.2, 0) is 32.4 Å². The molecule has 0 aliphatic carbocycles. The third kappa shape index (κ3) is 8.51. The molecule has 11 heteroatoms. The van der Waals surface area contributed by atoms with E-state index in [0.717, 1.165) is 22.4 Å². The first-order valence-corrected chi connectivity index (χ1v) is 15.0. The molecular formula is C32H34F5N3O2S. The van der Waals surface area contributed by atoms with E-state index in [2.05, 4.69) is 9.72 Å². The summed E-state index contributed by atoms with van der Waals surface area (Å²) in [6, 6.07) is 20.9. The van der Waals surface area contributed by atoms with Gasteiger partial charge in [0.25, 0.3) is 0 Å². The quantitative estimate of drug-likeness (QED) is 0.104. The Kier molecular flexibility index (Phi) is 11.1. The fraction of sp³-hybridized carbons (Fsp3) is 0.344. The third-order valence-electron chi connectivity index (χ3n) is 6.92. The maximum absolute atomic E-state index is 14.6. The molecule has 0 aliphatic rings. The number of thioether (sulfide) groups is 1. The van der Waals surface area contributed by atoms with Crippen LogP contribution in [0.5, 0.6) is 11.5 Å². The lowest BCUT2D eigenvalue weighted by atomic mass is 10.1. The van der Waals surface area contributed by atoms with Gasteiger partial charge in [-0.05, 0) is 60.2 Å². The van der Waals surface area contributed by atoms with Crippen LogP contribution < -0.4 is 9.47 Å². The van der Waals surface area contributed by atoms with Crippen molar-refractivity contribution < 1.29 is 31.4 Å². The van der Waals surface area contributed by atoms with Gasteiger partial charge in [-0.25, -0.2) is 4.98 Å². The Bertz CT molecular complexity index is 1460. The molecule has 3 aromatic carbocycles. The van der Waals surface area contributed by atoms with E-state index >= 15 is 0 Å². The first-order valence-electron chi connectivity index (χ1n) is 13.8. The van der Waals surface area contributed by atoms with E-state index in [1.807, 2.05) is 42.3 Å². The van der Waals surface area contributed by atoms with E-state index in [1.165, 1.54) is 19.2 Å². The molecule has 0 bridgehead atoms. The Morgan fingerprint density at radius 2 is 1.53 bits per heavy atom. The summed E-state index contributed by atoms with van der Waals surface area (Å²) in [5.41, 5.74) is 1.26. The second-order valence-corrected chi connectivity index (χ2v) is 10.8. The number of para-hydroxylation sites is 1. The molecule has 43 heavy (non-hydrogen) atoms. The average molecular weight is 620 g/mol. The van der Waals surface area contributed by atoms with Crippen LogP contribution in [0.1, 0.15) is 42.3 Å². The molecule has 4 aromatic rings. The molecule has 0 saturated heterocycles. The summed E-state index contributed by atoms with van der Waals surface area (Å²) in [7, 11) is 1.48. The van der Waals surface area contributed by atoms with Gasteiger partial charge in [-0.15, -0.1) is 11.8 Å². The maximum atomic E-state index is 14.6. The minimum Gasteiger partial charge on any atom is -0.496 e. The molecule has 0 radical (unpaired) electrons. The van der Waals surface area contributed by atoms with Crippen LogP contribution in [0.2, 0.25) is 0 Å². The summed E-state index contributed by atoms with van der Waals surface area (Å²) in [4.78, 5) is 7.16. The lowest BCUT2D eigenvalue weighted by Crippen LogP contribution is -2.26. The van der Waals surface area contributed by atoms with Crippen molar-refractivity contribution in [2.24, 2.45) is 0 Å². The minimum atomic E-state index is -4.69. The lowest BCUT2D eigenvalue weighted by molar-refractivity contribution is -0.141. The molecule has 230 valence electrons. The predicted molar refractivity (Wildman–Crippen MR) is 158 cm³/mol. The van der Waals surface area contributed by atoms with Gasteiger partial charge in [-0.2, -0.15) is 22.0 Å². The van der Waals surface area contributed by atoms with Crippen molar-refractivity contribution in [3.63, 3.8) is 0 Å². The summed E-state index contributed by atoms with van der Waals surface area (Å²) < 4.78 is 80.7. The number of methoxy groups -OCH3 is 1. The summed E-state index contributed by atoms with van der Waals surface area (Å²) >= 11 is 1.60. The van der Waals surface area contributed by atoms with Gasteiger partial charge in [0.15, 0.2) is 5.69 Å². The molecular weight excluding hydrogens is 585 g/mol. The van der Waals surface area contributed by atoms with Crippen LogP contribution in [0.15, 0.2) is 77.7 Å². The second-order valence-electron chi connectivity index (χ2n) is 9.95. The van der Waals surface area contributed by atoms with Crippen LogP contribution in [0.4, 0.5) is 22.0 Å². The molecule has 5 nitrogen and oxygen atoms in total. The van der Waals surface area contributed by atoms with Crippen molar-refractivity contribution in [1.29, 1.82) is 0 Å². The largest absolute Gasteiger partial charge is 0.496 e. The SMILES string of the molecule is CCCCn1c(-c2ccccc2OC)nc(C(F)(F)F)c1CN(Cc1ccc(OC(F)F)cc1)Cc1ccc(SC)cc1. The Labute approximate surface area is 252 Å². The number of aromatic nitrogens is 2. The topological polar surface area (TPSA) is 39.5 Å². The number of rotatable bonds is 14. The highest BCUT2D eigenvalue weighted by Gasteiger charge is 2.39. The standard InChI is InChI=1S/C32H34F5N3O2S/c1-4-5-18-40-27(29(32(35,36)37)38-30(40)26-8-6-7-9-28(26)41-2)21-39(20-23-12-16-25(43-3)17-13-23)19-22-10-14-24(15-11-22)42-31(33)34/h6-17,31H,4-5,18-21H2,1-3H3. The molecule has 0 saturated carbocycles. The number of ether oxygens (including phenoxy) is 2. The fourth-order valence-corrected chi connectivity index (χ4v) is 5.28. The van der Waals surface area contributed by atoms with Crippen LogP contribution >= 0.6 is 11.8 Å². The normalized spacial score (nSPS) is 11.9. The Balaban J connectivity index is 1.79. The highest BCUT2D eigenvalue weighted by Crippen LogP contribution is 2.38. The Hall–Kier alpha value is -3.57. The maximum Gasteiger partial charge on any atom is 0.435 e. The number of unbranched alkanes of at least 4 members (excludes halogenated alkanes) is 1. The van der Waals surface area contributed by atoms with E-state index in [1.54, 1.807) is 52.7 Å². The zero-order chi connectivity index (χ0) is 31.0. The highest BCUT2D eigenvalue weighted by atomic mass is 32.2. The third-order valence-corrected chi connectivity index (χ3v) is 7.66. The lowest BCUT2D eigenvalue weighted by Gasteiger charge is -2.25. The van der Waals surface area contributed by atoms with Gasteiger partial charge in [0.05, 0.1) is 18.4 Å². The van der Waals surface area contributed by atoms with Crippen LogP contribution in [0, 0.1) is 0 Å². The van der Waals surface area contributed by atoms with E-state index in [4.69, 9.17) is 4.74 Å². The van der Waals surface area contributed by atoms with Crippen LogP contribution in [0.3, 0.4) is 0 Å². The molecule has 0 atom stereocenters. The Morgan fingerprint density at radius 1 is 0.907 bits per heavy atom. The number of hydrogen-bond donors (Lipinski definition) is 0. The number of nitrogens with zero attached hydrogens (tertiary/aromatic N) is 3. The van der Waals surface area contributed by atoms with Gasteiger partial charge in [0, 0.05) is 31.1 Å². The van der Waals surface area contributed by atoms with Gasteiger partial charge in [-0.3, -0.25) is 4.90 Å². The van der Waals surface area contributed by atoms with Crippen molar-refractivity contribution in [3.8, 4) is 22.9 Å². The average Bonchev–Trinajstić information content (AvgIpc) is 3.35. The van der Waals surface area contributed by atoms with Gasteiger partial charge in [0.1, 0.15) is 17.3 Å². The zero-order valence-corrected chi connectivity index (χ0v) is 25.0. The predicted octanol–water partition coefficient (Wildman–Crippen LogP) is 8.90. The molecule has 1 aromatic heterocycles. The number of benzene rings is 3. The van der Waals surface area contributed by atoms with E-state index in [9.17, 15) is 22.0 Å². The van der Waals surface area contributed by atoms with E-state index in [-0.39, 0.29) is 30.4 Å². The first-order chi connectivity index (χ1) is 20.6.